The molecule has 6 heteroatoms. The Hall–Kier alpha value is -0.0800. The molecule has 1 saturated heterocycles. The van der Waals surface area contributed by atoms with Gasteiger partial charge in [-0.2, -0.15) is 0 Å². The molecule has 1 aliphatic heterocycles. The molecule has 0 unspecified atom stereocenters. The van der Waals surface area contributed by atoms with Crippen LogP contribution in [0.5, 0.6) is 0 Å². The molecule has 124 valence electrons. The summed E-state index contributed by atoms with van der Waals surface area (Å²) in [5.74, 6) is 0.651. The third-order valence-corrected chi connectivity index (χ3v) is 4.24. The molecule has 5 nitrogen and oxygen atoms in total. The van der Waals surface area contributed by atoms with E-state index in [0.717, 1.165) is 52.2 Å². The fourth-order valence-corrected chi connectivity index (χ4v) is 2.98. The number of halogens is 1. The third-order valence-electron chi connectivity index (χ3n) is 4.24. The molecule has 0 aromatic heterocycles. The summed E-state index contributed by atoms with van der Waals surface area (Å²) >= 11 is 0. The molecule has 0 atom stereocenters. The maximum absolute atomic E-state index is 6.15. The van der Waals surface area contributed by atoms with Crippen molar-refractivity contribution in [2.24, 2.45) is 10.7 Å². The first-order valence-corrected chi connectivity index (χ1v) is 8.02. The van der Waals surface area contributed by atoms with Gasteiger partial charge in [0.1, 0.15) is 0 Å². The lowest BCUT2D eigenvalue weighted by molar-refractivity contribution is -0.0626. The van der Waals surface area contributed by atoms with E-state index < -0.39 is 0 Å². The Labute approximate surface area is 145 Å². The molecule has 0 aromatic carbocycles. The molecule has 2 aliphatic rings. The first-order valence-electron chi connectivity index (χ1n) is 8.02. The number of hydrogen-bond donors (Lipinski definition) is 1. The van der Waals surface area contributed by atoms with Gasteiger partial charge in [-0.15, -0.1) is 24.0 Å². The molecule has 0 bridgehead atoms. The smallest absolute Gasteiger partial charge is 0.191 e. The lowest BCUT2D eigenvalue weighted by Crippen LogP contribution is -2.46. The van der Waals surface area contributed by atoms with Crippen LogP contribution >= 0.6 is 24.0 Å². The highest BCUT2D eigenvalue weighted by molar-refractivity contribution is 14.0. The summed E-state index contributed by atoms with van der Waals surface area (Å²) in [5.41, 5.74) is 6.05. The summed E-state index contributed by atoms with van der Waals surface area (Å²) < 4.78 is 11.5. The van der Waals surface area contributed by atoms with E-state index in [0.29, 0.717) is 12.5 Å². The van der Waals surface area contributed by atoms with E-state index in [-0.39, 0.29) is 29.6 Å². The van der Waals surface area contributed by atoms with Gasteiger partial charge in [0.25, 0.3) is 0 Å². The first-order chi connectivity index (χ1) is 9.76. The molecule has 0 spiro atoms. The van der Waals surface area contributed by atoms with Crippen LogP contribution in [0.25, 0.3) is 0 Å². The van der Waals surface area contributed by atoms with Crippen LogP contribution in [-0.2, 0) is 9.47 Å². The largest absolute Gasteiger partial charge is 0.378 e. The molecule has 21 heavy (non-hydrogen) atoms. The predicted molar refractivity (Wildman–Crippen MR) is 96.4 cm³/mol. The van der Waals surface area contributed by atoms with Gasteiger partial charge >= 0.3 is 0 Å². The van der Waals surface area contributed by atoms with Gasteiger partial charge in [0.05, 0.1) is 25.4 Å². The summed E-state index contributed by atoms with van der Waals surface area (Å²) in [6, 6.07) is 0. The van der Waals surface area contributed by atoms with Crippen molar-refractivity contribution in [3.63, 3.8) is 0 Å². The van der Waals surface area contributed by atoms with E-state index in [1.165, 1.54) is 19.3 Å². The Kier molecular flexibility index (Phi) is 8.89. The Balaban J connectivity index is 0.00000220. The van der Waals surface area contributed by atoms with Gasteiger partial charge in [-0.25, -0.2) is 0 Å². The zero-order valence-electron chi connectivity index (χ0n) is 13.2. The van der Waals surface area contributed by atoms with Crippen molar-refractivity contribution in [3.8, 4) is 0 Å². The van der Waals surface area contributed by atoms with E-state index in [4.69, 9.17) is 15.2 Å². The summed E-state index contributed by atoms with van der Waals surface area (Å²) in [6.07, 6.45) is 7.11. The summed E-state index contributed by atoms with van der Waals surface area (Å²) in [6.45, 7) is 6.86. The van der Waals surface area contributed by atoms with Crippen molar-refractivity contribution in [1.82, 2.24) is 4.90 Å². The third kappa shape index (κ3) is 5.90. The van der Waals surface area contributed by atoms with E-state index in [1.807, 2.05) is 0 Å². The van der Waals surface area contributed by atoms with Crippen LogP contribution in [0.1, 0.15) is 45.4 Å². The van der Waals surface area contributed by atoms with Gasteiger partial charge in [0.2, 0.25) is 0 Å². The SMILES string of the molecule is CCCOC1(CN=C(N)N2CCOCC2)CCCCC1.I. The van der Waals surface area contributed by atoms with Crippen molar-refractivity contribution >= 4 is 29.9 Å². The molecule has 1 saturated carbocycles. The van der Waals surface area contributed by atoms with Gasteiger partial charge < -0.3 is 20.1 Å². The predicted octanol–water partition coefficient (Wildman–Crippen LogP) is 2.38. The highest BCUT2D eigenvalue weighted by Crippen LogP contribution is 2.32. The topological polar surface area (TPSA) is 60.1 Å². The second-order valence-corrected chi connectivity index (χ2v) is 5.87. The van der Waals surface area contributed by atoms with Gasteiger partial charge in [-0.05, 0) is 19.3 Å². The molecular formula is C15H30IN3O2. The van der Waals surface area contributed by atoms with Crippen LogP contribution in [0, 0.1) is 0 Å². The average Bonchev–Trinajstić information content (AvgIpc) is 2.52. The van der Waals surface area contributed by atoms with E-state index in [2.05, 4.69) is 16.8 Å². The van der Waals surface area contributed by atoms with Crippen LogP contribution in [0.3, 0.4) is 0 Å². The van der Waals surface area contributed by atoms with Crippen LogP contribution in [0.2, 0.25) is 0 Å². The van der Waals surface area contributed by atoms with Gasteiger partial charge in [-0.1, -0.05) is 26.2 Å². The Morgan fingerprint density at radius 3 is 2.52 bits per heavy atom. The van der Waals surface area contributed by atoms with Crippen LogP contribution in [-0.4, -0.2) is 55.9 Å². The monoisotopic (exact) mass is 411 g/mol. The maximum Gasteiger partial charge on any atom is 0.191 e. The molecule has 1 heterocycles. The number of nitrogens with zero attached hydrogens (tertiary/aromatic N) is 2. The highest BCUT2D eigenvalue weighted by atomic mass is 127. The Bertz CT molecular complexity index is 314. The fourth-order valence-electron chi connectivity index (χ4n) is 2.98. The number of morpholine rings is 1. The molecule has 0 aromatic rings. The zero-order valence-corrected chi connectivity index (χ0v) is 15.5. The Morgan fingerprint density at radius 2 is 1.90 bits per heavy atom. The van der Waals surface area contributed by atoms with Crippen LogP contribution in [0.4, 0.5) is 0 Å². The van der Waals surface area contributed by atoms with Crippen molar-refractivity contribution in [2.75, 3.05) is 39.5 Å². The van der Waals surface area contributed by atoms with Crippen molar-refractivity contribution < 1.29 is 9.47 Å². The highest BCUT2D eigenvalue weighted by Gasteiger charge is 2.32. The number of ether oxygens (including phenoxy) is 2. The van der Waals surface area contributed by atoms with Crippen LogP contribution < -0.4 is 5.73 Å². The summed E-state index contributed by atoms with van der Waals surface area (Å²) in [7, 11) is 0. The van der Waals surface area contributed by atoms with Gasteiger partial charge in [0, 0.05) is 19.7 Å². The minimum absolute atomic E-state index is 0. The Morgan fingerprint density at radius 1 is 1.24 bits per heavy atom. The van der Waals surface area contributed by atoms with E-state index in [1.54, 1.807) is 0 Å². The molecule has 2 rings (SSSR count). The number of guanidine groups is 1. The molecular weight excluding hydrogens is 381 g/mol. The number of aliphatic imine (C=N–C) groups is 1. The first kappa shape index (κ1) is 19.0. The normalized spacial score (nSPS) is 22.7. The lowest BCUT2D eigenvalue weighted by atomic mass is 9.84. The quantitative estimate of drug-likeness (QED) is 0.429. The molecule has 0 amide bonds. The number of rotatable bonds is 5. The van der Waals surface area contributed by atoms with Gasteiger partial charge in [-0.3, -0.25) is 4.99 Å². The van der Waals surface area contributed by atoms with E-state index in [9.17, 15) is 0 Å². The molecule has 2 N–H and O–H groups in total. The van der Waals surface area contributed by atoms with Gasteiger partial charge in [0.15, 0.2) is 5.96 Å². The lowest BCUT2D eigenvalue weighted by Gasteiger charge is -2.36. The summed E-state index contributed by atoms with van der Waals surface area (Å²) in [4.78, 5) is 6.75. The van der Waals surface area contributed by atoms with Crippen molar-refractivity contribution in [3.05, 3.63) is 0 Å². The minimum Gasteiger partial charge on any atom is -0.378 e. The average molecular weight is 411 g/mol. The van der Waals surface area contributed by atoms with Crippen molar-refractivity contribution in [2.45, 2.75) is 51.0 Å². The second kappa shape index (κ2) is 9.84. The standard InChI is InChI=1S/C15H29N3O2.HI/c1-2-10-20-15(6-4-3-5-7-15)13-17-14(16)18-8-11-19-12-9-18;/h2-13H2,1H3,(H2,16,17);1H. The second-order valence-electron chi connectivity index (χ2n) is 5.87. The maximum atomic E-state index is 6.15. The molecule has 1 aliphatic carbocycles. The fraction of sp³-hybridized carbons (Fsp3) is 0.933. The minimum atomic E-state index is -0.0643. The zero-order chi connectivity index (χ0) is 14.3. The molecule has 2 fully saturated rings. The van der Waals surface area contributed by atoms with E-state index >= 15 is 0 Å². The summed E-state index contributed by atoms with van der Waals surface area (Å²) in [5, 5.41) is 0. The molecule has 0 radical (unpaired) electrons. The number of nitrogens with two attached hydrogens (primary N) is 1. The van der Waals surface area contributed by atoms with Crippen molar-refractivity contribution in [1.29, 1.82) is 0 Å². The number of hydrogen-bond acceptors (Lipinski definition) is 3. The van der Waals surface area contributed by atoms with Crippen LogP contribution in [0.15, 0.2) is 4.99 Å².